The Morgan fingerprint density at radius 3 is 2.54 bits per heavy atom. The highest BCUT2D eigenvalue weighted by molar-refractivity contribution is 5.80. The van der Waals surface area contributed by atoms with E-state index in [4.69, 9.17) is 9.47 Å². The Bertz CT molecular complexity index is 907. The average molecular weight is 353 g/mol. The molecule has 0 atom stereocenters. The Hall–Kier alpha value is -3.75. The lowest BCUT2D eigenvalue weighted by Crippen LogP contribution is -1.99. The topological polar surface area (TPSA) is 105 Å². The molecule has 1 aromatic heterocycles. The van der Waals surface area contributed by atoms with Crippen LogP contribution in [-0.2, 0) is 6.61 Å². The van der Waals surface area contributed by atoms with Crippen molar-refractivity contribution in [2.45, 2.75) is 6.61 Å². The van der Waals surface area contributed by atoms with E-state index in [1.807, 2.05) is 6.07 Å². The molecule has 0 spiro atoms. The number of nitrogens with zero attached hydrogens (tertiary/aromatic N) is 5. The van der Waals surface area contributed by atoms with Crippen LogP contribution < -0.4 is 9.47 Å². The molecule has 3 aromatic rings. The van der Waals surface area contributed by atoms with Crippen molar-refractivity contribution in [2.24, 2.45) is 5.10 Å². The van der Waals surface area contributed by atoms with Crippen molar-refractivity contribution in [1.82, 2.24) is 14.9 Å². The first-order chi connectivity index (χ1) is 12.7. The van der Waals surface area contributed by atoms with Gasteiger partial charge in [-0.2, -0.15) is 5.10 Å². The molecule has 0 aliphatic rings. The number of ether oxygens (including phenoxy) is 2. The fraction of sp³-hybridized carbons (Fsp3) is 0.118. The van der Waals surface area contributed by atoms with Crippen LogP contribution in [0.3, 0.4) is 0 Å². The van der Waals surface area contributed by atoms with Gasteiger partial charge in [0.2, 0.25) is 0 Å². The van der Waals surface area contributed by atoms with E-state index in [0.29, 0.717) is 11.5 Å². The maximum Gasteiger partial charge on any atom is 0.269 e. The number of aromatic nitrogens is 3. The summed E-state index contributed by atoms with van der Waals surface area (Å²) in [5, 5.41) is 22.2. The zero-order chi connectivity index (χ0) is 18.4. The number of hydrogen-bond acceptors (Lipinski definition) is 7. The van der Waals surface area contributed by atoms with Crippen LogP contribution in [0, 0.1) is 10.1 Å². The summed E-state index contributed by atoms with van der Waals surface area (Å²) in [6, 6.07) is 11.6. The highest BCUT2D eigenvalue weighted by Crippen LogP contribution is 2.28. The number of hydrogen-bond donors (Lipinski definition) is 0. The number of non-ortho nitro benzene ring substituents is 1. The second kappa shape index (κ2) is 7.88. The van der Waals surface area contributed by atoms with Crippen LogP contribution in [-0.4, -0.2) is 33.1 Å². The summed E-state index contributed by atoms with van der Waals surface area (Å²) in [4.78, 5) is 10.3. The van der Waals surface area contributed by atoms with Gasteiger partial charge in [-0.15, -0.1) is 10.2 Å². The first-order valence-electron chi connectivity index (χ1n) is 7.59. The second-order valence-corrected chi connectivity index (χ2v) is 5.21. The van der Waals surface area contributed by atoms with Crippen LogP contribution in [0.2, 0.25) is 0 Å². The van der Waals surface area contributed by atoms with Crippen molar-refractivity contribution in [1.29, 1.82) is 0 Å². The molecular weight excluding hydrogens is 338 g/mol. The summed E-state index contributed by atoms with van der Waals surface area (Å²) in [7, 11) is 1.55. The first kappa shape index (κ1) is 17.1. The fourth-order valence-electron chi connectivity index (χ4n) is 2.15. The molecule has 0 fully saturated rings. The maximum atomic E-state index is 10.7. The van der Waals surface area contributed by atoms with Gasteiger partial charge in [0.25, 0.3) is 5.69 Å². The summed E-state index contributed by atoms with van der Waals surface area (Å²) in [6.07, 6.45) is 4.60. The molecule has 26 heavy (non-hydrogen) atoms. The maximum absolute atomic E-state index is 10.7. The molecule has 9 nitrogen and oxygen atoms in total. The molecule has 0 aliphatic heterocycles. The minimum atomic E-state index is -0.438. The molecule has 2 aromatic carbocycles. The molecule has 0 unspecified atom stereocenters. The van der Waals surface area contributed by atoms with E-state index in [2.05, 4.69) is 15.3 Å². The SMILES string of the molecule is COc1ccc(/C=N\n2cnnc2)cc1OCc1ccc([N+](=O)[O-])cc1. The van der Waals surface area contributed by atoms with Gasteiger partial charge in [0, 0.05) is 12.1 Å². The third-order valence-corrected chi connectivity index (χ3v) is 3.48. The highest BCUT2D eigenvalue weighted by Gasteiger charge is 2.08. The van der Waals surface area contributed by atoms with Crippen LogP contribution in [0.4, 0.5) is 5.69 Å². The second-order valence-electron chi connectivity index (χ2n) is 5.21. The van der Waals surface area contributed by atoms with Crippen molar-refractivity contribution < 1.29 is 14.4 Å². The number of methoxy groups -OCH3 is 1. The molecule has 1 heterocycles. The Labute approximate surface area is 148 Å². The molecule has 0 saturated carbocycles. The van der Waals surface area contributed by atoms with Crippen LogP contribution in [0.5, 0.6) is 11.5 Å². The van der Waals surface area contributed by atoms with E-state index in [9.17, 15) is 10.1 Å². The van der Waals surface area contributed by atoms with Gasteiger partial charge in [0.05, 0.1) is 18.2 Å². The highest BCUT2D eigenvalue weighted by atomic mass is 16.6. The molecular formula is C17H15N5O4. The third-order valence-electron chi connectivity index (χ3n) is 3.48. The lowest BCUT2D eigenvalue weighted by molar-refractivity contribution is -0.384. The molecule has 0 N–H and O–H groups in total. The Kier molecular flexibility index (Phi) is 5.18. The van der Waals surface area contributed by atoms with Crippen molar-refractivity contribution in [3.63, 3.8) is 0 Å². The summed E-state index contributed by atoms with van der Waals surface area (Å²) < 4.78 is 12.6. The fourth-order valence-corrected chi connectivity index (χ4v) is 2.15. The number of nitro groups is 1. The summed E-state index contributed by atoms with van der Waals surface area (Å²) in [5.74, 6) is 1.12. The number of rotatable bonds is 7. The van der Waals surface area contributed by atoms with Crippen molar-refractivity contribution in [2.75, 3.05) is 7.11 Å². The minimum Gasteiger partial charge on any atom is -0.493 e. The average Bonchev–Trinajstić information content (AvgIpc) is 3.18. The van der Waals surface area contributed by atoms with Gasteiger partial charge in [-0.25, -0.2) is 4.68 Å². The van der Waals surface area contributed by atoms with Crippen LogP contribution in [0.15, 0.2) is 60.2 Å². The minimum absolute atomic E-state index is 0.0403. The standard InChI is InChI=1S/C17H15N5O4/c1-25-16-7-4-14(9-20-21-11-18-19-12-21)8-17(16)26-10-13-2-5-15(6-3-13)22(23)24/h2-9,11-12H,10H2,1H3/b20-9-. The molecule has 0 saturated heterocycles. The summed E-state index contributed by atoms with van der Waals surface area (Å²) >= 11 is 0. The zero-order valence-corrected chi connectivity index (χ0v) is 13.8. The third kappa shape index (κ3) is 4.20. The van der Waals surface area contributed by atoms with Crippen LogP contribution >= 0.6 is 0 Å². The van der Waals surface area contributed by atoms with Gasteiger partial charge in [0.15, 0.2) is 11.5 Å². The Morgan fingerprint density at radius 2 is 1.88 bits per heavy atom. The smallest absolute Gasteiger partial charge is 0.269 e. The van der Waals surface area contributed by atoms with Gasteiger partial charge < -0.3 is 9.47 Å². The molecule has 9 heteroatoms. The lowest BCUT2D eigenvalue weighted by Gasteiger charge is -2.11. The monoisotopic (exact) mass is 353 g/mol. The van der Waals surface area contributed by atoms with E-state index in [1.54, 1.807) is 37.6 Å². The predicted octanol–water partition coefficient (Wildman–Crippen LogP) is 2.66. The van der Waals surface area contributed by atoms with E-state index < -0.39 is 4.92 Å². The molecule has 0 aliphatic carbocycles. The number of nitro benzene ring substituents is 1. The van der Waals surface area contributed by atoms with Gasteiger partial charge in [-0.3, -0.25) is 10.1 Å². The molecule has 0 amide bonds. The van der Waals surface area contributed by atoms with E-state index in [1.165, 1.54) is 29.5 Å². The first-order valence-corrected chi connectivity index (χ1v) is 7.59. The van der Waals surface area contributed by atoms with Crippen LogP contribution in [0.25, 0.3) is 0 Å². The normalized spacial score (nSPS) is 10.8. The predicted molar refractivity (Wildman–Crippen MR) is 93.4 cm³/mol. The molecule has 132 valence electrons. The molecule has 0 radical (unpaired) electrons. The van der Waals surface area contributed by atoms with E-state index >= 15 is 0 Å². The largest absolute Gasteiger partial charge is 0.493 e. The van der Waals surface area contributed by atoms with Gasteiger partial charge >= 0.3 is 0 Å². The van der Waals surface area contributed by atoms with Gasteiger partial charge in [0.1, 0.15) is 19.3 Å². The quantitative estimate of drug-likeness (QED) is 0.367. The van der Waals surface area contributed by atoms with Gasteiger partial charge in [-0.1, -0.05) is 0 Å². The Morgan fingerprint density at radius 1 is 1.15 bits per heavy atom. The van der Waals surface area contributed by atoms with E-state index in [-0.39, 0.29) is 12.3 Å². The van der Waals surface area contributed by atoms with Crippen molar-refractivity contribution in [3.05, 3.63) is 76.4 Å². The lowest BCUT2D eigenvalue weighted by atomic mass is 10.2. The number of benzene rings is 2. The van der Waals surface area contributed by atoms with E-state index in [0.717, 1.165) is 11.1 Å². The van der Waals surface area contributed by atoms with Gasteiger partial charge in [-0.05, 0) is 41.5 Å². The summed E-state index contributed by atoms with van der Waals surface area (Å²) in [6.45, 7) is 0.250. The van der Waals surface area contributed by atoms with Crippen molar-refractivity contribution in [3.8, 4) is 11.5 Å². The summed E-state index contributed by atoms with van der Waals surface area (Å²) in [5.41, 5.74) is 1.65. The molecule has 3 rings (SSSR count). The van der Waals surface area contributed by atoms with Crippen molar-refractivity contribution >= 4 is 11.9 Å². The Balaban J connectivity index is 1.73. The molecule has 0 bridgehead atoms. The zero-order valence-electron chi connectivity index (χ0n) is 13.8. The van der Waals surface area contributed by atoms with Crippen LogP contribution in [0.1, 0.15) is 11.1 Å².